The normalized spacial score (nSPS) is 23.8. The Morgan fingerprint density at radius 1 is 1.03 bits per heavy atom. The number of carbonyl (C=O) groups excluding carboxylic acids is 1. The molecule has 2 nitrogen and oxygen atoms in total. The molecule has 0 aromatic heterocycles. The molecule has 2 aliphatic rings. The topological polar surface area (TPSA) is 20.3 Å². The van der Waals surface area contributed by atoms with Crippen molar-refractivity contribution in [3.05, 3.63) is 89.5 Å². The van der Waals surface area contributed by atoms with E-state index in [2.05, 4.69) is 134 Å². The summed E-state index contributed by atoms with van der Waals surface area (Å²) in [7, 11) is 8.52. The van der Waals surface area contributed by atoms with E-state index >= 15 is 0 Å². The maximum atomic E-state index is 11.2. The Kier molecular flexibility index (Phi) is 10.1. The molecule has 0 saturated carbocycles. The fourth-order valence-corrected chi connectivity index (χ4v) is 9.09. The molecule has 1 fully saturated rings. The van der Waals surface area contributed by atoms with Crippen LogP contribution in [0, 0.1) is 12.0 Å². The van der Waals surface area contributed by atoms with Gasteiger partial charge in [-0.3, -0.25) is 0 Å². The SMILES string of the molecule is CC1=C(C)[C@H]2[C@@H](C=O)C[C@@H]1[P@]2c1ccccc1.C[C@@H](c1c[c-]cc2ccccc12)N(C)C.[Cl][Pd+]. The summed E-state index contributed by atoms with van der Waals surface area (Å²) >= 11 is 2.22. The van der Waals surface area contributed by atoms with Gasteiger partial charge in [0.25, 0.3) is 0 Å². The molecule has 34 heavy (non-hydrogen) atoms. The van der Waals surface area contributed by atoms with E-state index in [4.69, 9.17) is 0 Å². The van der Waals surface area contributed by atoms with Gasteiger partial charge < -0.3 is 9.69 Å². The molecule has 0 unspecified atom stereocenters. The van der Waals surface area contributed by atoms with Crippen LogP contribution in [0.3, 0.4) is 0 Å². The van der Waals surface area contributed by atoms with Crippen LogP contribution in [0.4, 0.5) is 0 Å². The zero-order valence-electron chi connectivity index (χ0n) is 20.4. The van der Waals surface area contributed by atoms with Gasteiger partial charge in [-0.15, -0.1) is 22.4 Å². The minimum atomic E-state index is -0.181. The van der Waals surface area contributed by atoms with Crippen molar-refractivity contribution in [1.29, 1.82) is 0 Å². The summed E-state index contributed by atoms with van der Waals surface area (Å²) in [6, 6.07) is 27.0. The summed E-state index contributed by atoms with van der Waals surface area (Å²) in [6.45, 7) is 6.71. The standard InChI is InChI=1S/C15H17OP.C14H16N.ClH.Pd/c1-10-11(2)15-12(9-16)8-14(10)17(15)13-6-4-3-5-7-13;1-11(15(2)3)13-10-6-8-12-7-4-5-9-14(12)13;;/h3-7,9,12,14-15H,8H2,1-2H3;4-5,7-11H,1-3H3;1H;/q;-1;;+2/p-1/t12-,14+,15+,17+;11-;;/m10../s1. The first-order valence-electron chi connectivity index (χ1n) is 11.6. The Hall–Kier alpha value is -1.33. The number of allylic oxidation sites excluding steroid dienone is 2. The number of hydrogen-bond acceptors (Lipinski definition) is 2. The summed E-state index contributed by atoms with van der Waals surface area (Å²) in [4.78, 5) is 13.4. The number of nitrogens with zero attached hydrogens (tertiary/aromatic N) is 1. The van der Waals surface area contributed by atoms with Crippen molar-refractivity contribution in [2.24, 2.45) is 5.92 Å². The van der Waals surface area contributed by atoms with Gasteiger partial charge in [0.15, 0.2) is 0 Å². The monoisotopic (exact) mass is 583 g/mol. The Morgan fingerprint density at radius 2 is 1.68 bits per heavy atom. The minimum absolute atomic E-state index is 0.181. The molecule has 5 atom stereocenters. The number of aldehydes is 1. The van der Waals surface area contributed by atoms with Crippen molar-refractivity contribution in [3.8, 4) is 0 Å². The fraction of sp³-hybridized carbons (Fsp3) is 0.345. The Morgan fingerprint density at radius 3 is 2.32 bits per heavy atom. The molecule has 2 aliphatic heterocycles. The summed E-state index contributed by atoms with van der Waals surface area (Å²) in [5.74, 6) is 0.273. The first-order chi connectivity index (χ1) is 16.4. The van der Waals surface area contributed by atoms with Crippen LogP contribution in [0.1, 0.15) is 38.8 Å². The van der Waals surface area contributed by atoms with Gasteiger partial charge in [0.1, 0.15) is 6.29 Å². The molecule has 2 bridgehead atoms. The quantitative estimate of drug-likeness (QED) is 0.108. The molecule has 0 radical (unpaired) electrons. The fourth-order valence-electron chi connectivity index (χ4n) is 5.19. The van der Waals surface area contributed by atoms with Gasteiger partial charge >= 0.3 is 27.7 Å². The maximum absolute atomic E-state index is 11.2. The van der Waals surface area contributed by atoms with Gasteiger partial charge in [-0.1, -0.05) is 74.5 Å². The first kappa shape index (κ1) is 27.3. The summed E-state index contributed by atoms with van der Waals surface area (Å²) in [5, 5.41) is 4.07. The van der Waals surface area contributed by atoms with Crippen molar-refractivity contribution in [3.63, 3.8) is 0 Å². The Labute approximate surface area is 220 Å². The molecule has 182 valence electrons. The number of fused-ring (bicyclic) bond motifs is 3. The van der Waals surface area contributed by atoms with Crippen LogP contribution < -0.4 is 5.30 Å². The Bertz CT molecular complexity index is 1130. The van der Waals surface area contributed by atoms with Crippen molar-refractivity contribution in [2.45, 2.75) is 44.6 Å². The molecular weight excluding hydrogens is 551 g/mol. The zero-order chi connectivity index (χ0) is 24.8. The first-order valence-corrected chi connectivity index (χ1v) is 15.0. The van der Waals surface area contributed by atoms with E-state index in [1.165, 1.54) is 33.5 Å². The predicted molar refractivity (Wildman–Crippen MR) is 144 cm³/mol. The predicted octanol–water partition coefficient (Wildman–Crippen LogP) is 7.05. The number of rotatable bonds is 4. The van der Waals surface area contributed by atoms with Crippen LogP contribution in [0.2, 0.25) is 0 Å². The van der Waals surface area contributed by atoms with Crippen LogP contribution in [-0.4, -0.2) is 36.6 Å². The molecule has 1 saturated heterocycles. The molecule has 0 spiro atoms. The van der Waals surface area contributed by atoms with Crippen molar-refractivity contribution >= 4 is 39.8 Å². The third-order valence-electron chi connectivity index (χ3n) is 7.31. The van der Waals surface area contributed by atoms with Crippen LogP contribution in [0.15, 0.2) is 77.9 Å². The van der Waals surface area contributed by atoms with Crippen molar-refractivity contribution in [1.82, 2.24) is 4.90 Å². The van der Waals surface area contributed by atoms with Crippen LogP contribution >= 0.6 is 17.5 Å². The molecule has 2 heterocycles. The van der Waals surface area contributed by atoms with Gasteiger partial charge in [-0.05, 0) is 45.7 Å². The van der Waals surface area contributed by atoms with E-state index in [1.54, 1.807) is 5.57 Å². The summed E-state index contributed by atoms with van der Waals surface area (Å²) < 4.78 is 0. The van der Waals surface area contributed by atoms with E-state index in [1.807, 2.05) is 6.07 Å². The van der Waals surface area contributed by atoms with Gasteiger partial charge in [0.05, 0.1) is 0 Å². The molecular formula is C29H33ClNOPPd. The third-order valence-corrected chi connectivity index (χ3v) is 10.8. The Balaban J connectivity index is 0.000000179. The molecule has 0 aliphatic carbocycles. The van der Waals surface area contributed by atoms with E-state index in [0.717, 1.165) is 6.42 Å². The molecule has 5 rings (SSSR count). The van der Waals surface area contributed by atoms with Crippen LogP contribution in [-0.2, 0) is 23.0 Å². The average molecular weight is 584 g/mol. The van der Waals surface area contributed by atoms with E-state index < -0.39 is 0 Å². The molecule has 0 N–H and O–H groups in total. The second-order valence-electron chi connectivity index (χ2n) is 9.24. The number of carbonyl (C=O) groups is 1. The van der Waals surface area contributed by atoms with Gasteiger partial charge in [0, 0.05) is 17.2 Å². The third kappa shape index (κ3) is 5.56. The van der Waals surface area contributed by atoms with E-state index in [9.17, 15) is 4.79 Å². The molecule has 5 heteroatoms. The number of hydrogen-bond donors (Lipinski definition) is 0. The van der Waals surface area contributed by atoms with Crippen molar-refractivity contribution < 1.29 is 23.0 Å². The van der Waals surface area contributed by atoms with E-state index in [-0.39, 0.29) is 13.8 Å². The van der Waals surface area contributed by atoms with Crippen LogP contribution in [0.25, 0.3) is 10.8 Å². The van der Waals surface area contributed by atoms with Crippen molar-refractivity contribution in [2.75, 3.05) is 14.1 Å². The van der Waals surface area contributed by atoms with Crippen LogP contribution in [0.5, 0.6) is 0 Å². The zero-order valence-corrected chi connectivity index (χ0v) is 23.6. The molecule has 3 aromatic carbocycles. The van der Waals surface area contributed by atoms with Gasteiger partial charge in [0.2, 0.25) is 0 Å². The number of halogens is 1. The van der Waals surface area contributed by atoms with E-state index in [0.29, 0.717) is 17.4 Å². The summed E-state index contributed by atoms with van der Waals surface area (Å²) in [6.07, 6.45) is 2.27. The van der Waals surface area contributed by atoms with Gasteiger partial charge in [-0.25, -0.2) is 0 Å². The second-order valence-corrected chi connectivity index (χ2v) is 11.8. The summed E-state index contributed by atoms with van der Waals surface area (Å²) in [5.41, 5.74) is 5.58. The molecule has 0 amide bonds. The van der Waals surface area contributed by atoms with Gasteiger partial charge in [-0.2, -0.15) is 18.2 Å². The molecule has 3 aromatic rings. The number of benzene rings is 3. The second kappa shape index (κ2) is 12.6. The average Bonchev–Trinajstić information content (AvgIpc) is 3.38.